The molecule has 0 aromatic heterocycles. The molecule has 0 heterocycles. The van der Waals surface area contributed by atoms with Crippen molar-refractivity contribution in [2.75, 3.05) is 17.7 Å². The normalized spacial score (nSPS) is 10.2. The molecular formula is C17H15ClINO3S. The van der Waals surface area contributed by atoms with Crippen LogP contribution in [0.1, 0.15) is 6.42 Å². The van der Waals surface area contributed by atoms with Crippen LogP contribution in [0.3, 0.4) is 0 Å². The van der Waals surface area contributed by atoms with Crippen LogP contribution in [0.25, 0.3) is 0 Å². The zero-order chi connectivity index (χ0) is 17.4. The maximum absolute atomic E-state index is 11.8. The monoisotopic (exact) mass is 475 g/mol. The fraction of sp³-hybridized carbons (Fsp3) is 0.176. The van der Waals surface area contributed by atoms with Crippen LogP contribution in [0, 0.1) is 3.57 Å². The third-order valence-corrected chi connectivity index (χ3v) is 5.37. The van der Waals surface area contributed by atoms with E-state index in [1.165, 1.54) is 11.8 Å². The Labute approximate surface area is 163 Å². The van der Waals surface area contributed by atoms with Crippen LogP contribution in [0.2, 0.25) is 5.02 Å². The molecule has 0 aliphatic heterocycles. The van der Waals surface area contributed by atoms with Crippen molar-refractivity contribution < 1.29 is 14.3 Å². The summed E-state index contributed by atoms with van der Waals surface area (Å²) in [5, 5.41) is 3.37. The van der Waals surface area contributed by atoms with Gasteiger partial charge in [0.25, 0.3) is 5.91 Å². The Bertz CT molecular complexity index is 726. The number of ether oxygens (including phenoxy) is 1. The summed E-state index contributed by atoms with van der Waals surface area (Å²) in [7, 11) is 0. The highest BCUT2D eigenvalue weighted by molar-refractivity contribution is 14.1. The molecule has 0 aliphatic rings. The molecule has 2 aromatic rings. The van der Waals surface area contributed by atoms with Gasteiger partial charge in [-0.1, -0.05) is 35.9 Å². The van der Waals surface area contributed by atoms with Gasteiger partial charge in [0, 0.05) is 14.2 Å². The minimum absolute atomic E-state index is 0.214. The topological polar surface area (TPSA) is 55.4 Å². The van der Waals surface area contributed by atoms with E-state index in [-0.39, 0.29) is 18.9 Å². The molecule has 0 bridgehead atoms. The summed E-state index contributed by atoms with van der Waals surface area (Å²) in [6.45, 7) is -0.291. The highest BCUT2D eigenvalue weighted by Crippen LogP contribution is 2.26. The van der Waals surface area contributed by atoms with E-state index in [1.54, 1.807) is 12.1 Å². The number of hydrogen-bond donors (Lipinski definition) is 1. The van der Waals surface area contributed by atoms with E-state index in [0.29, 0.717) is 16.5 Å². The quantitative estimate of drug-likeness (QED) is 0.361. The molecule has 0 aliphatic carbocycles. The van der Waals surface area contributed by atoms with Crippen molar-refractivity contribution in [1.29, 1.82) is 0 Å². The standard InChI is InChI=1S/C17H15ClINO3S/c18-12-5-1-4-8-15(12)24-10-9-17(22)23-11-16(21)20-14-7-3-2-6-13(14)19/h1-8H,9-11H2,(H,20,21). The summed E-state index contributed by atoms with van der Waals surface area (Å²) >= 11 is 9.65. The van der Waals surface area contributed by atoms with Gasteiger partial charge in [-0.2, -0.15) is 0 Å². The highest BCUT2D eigenvalue weighted by Gasteiger charge is 2.10. The van der Waals surface area contributed by atoms with Crippen LogP contribution in [0.4, 0.5) is 5.69 Å². The zero-order valence-electron chi connectivity index (χ0n) is 12.6. The highest BCUT2D eigenvalue weighted by atomic mass is 127. The lowest BCUT2D eigenvalue weighted by molar-refractivity contribution is -0.146. The third-order valence-electron chi connectivity index (χ3n) is 2.91. The van der Waals surface area contributed by atoms with Crippen molar-refractivity contribution in [2.45, 2.75) is 11.3 Å². The van der Waals surface area contributed by atoms with E-state index in [4.69, 9.17) is 16.3 Å². The first-order valence-electron chi connectivity index (χ1n) is 7.13. The van der Waals surface area contributed by atoms with E-state index in [0.717, 1.165) is 8.47 Å². The van der Waals surface area contributed by atoms with E-state index in [1.807, 2.05) is 36.4 Å². The fourth-order valence-corrected chi connectivity index (χ4v) is 3.46. The van der Waals surface area contributed by atoms with Crippen molar-refractivity contribution in [2.24, 2.45) is 0 Å². The number of hydrogen-bond acceptors (Lipinski definition) is 4. The molecule has 2 rings (SSSR count). The molecule has 126 valence electrons. The van der Waals surface area contributed by atoms with Crippen LogP contribution >= 0.6 is 46.0 Å². The van der Waals surface area contributed by atoms with Gasteiger partial charge in [0.2, 0.25) is 0 Å². The van der Waals surface area contributed by atoms with Crippen molar-refractivity contribution in [3.63, 3.8) is 0 Å². The molecule has 0 fully saturated rings. The Morgan fingerprint density at radius 2 is 1.83 bits per heavy atom. The largest absolute Gasteiger partial charge is 0.456 e. The summed E-state index contributed by atoms with van der Waals surface area (Å²) < 4.78 is 5.91. The molecule has 24 heavy (non-hydrogen) atoms. The van der Waals surface area contributed by atoms with Gasteiger partial charge in [-0.15, -0.1) is 11.8 Å². The van der Waals surface area contributed by atoms with Crippen LogP contribution < -0.4 is 5.32 Å². The average Bonchev–Trinajstić information content (AvgIpc) is 2.57. The summed E-state index contributed by atoms with van der Waals surface area (Å²) in [4.78, 5) is 24.4. The summed E-state index contributed by atoms with van der Waals surface area (Å²) in [5.74, 6) is -0.223. The van der Waals surface area contributed by atoms with Crippen LogP contribution in [0.5, 0.6) is 0 Å². The molecule has 2 aromatic carbocycles. The zero-order valence-corrected chi connectivity index (χ0v) is 16.4. The van der Waals surface area contributed by atoms with Crippen LogP contribution in [0.15, 0.2) is 53.4 Å². The van der Waals surface area contributed by atoms with E-state index < -0.39 is 5.97 Å². The Morgan fingerprint density at radius 1 is 1.12 bits per heavy atom. The molecule has 0 unspecified atom stereocenters. The molecule has 0 atom stereocenters. The van der Waals surface area contributed by atoms with Gasteiger partial charge in [-0.3, -0.25) is 9.59 Å². The molecule has 0 radical (unpaired) electrons. The van der Waals surface area contributed by atoms with E-state index >= 15 is 0 Å². The Hall–Kier alpha value is -1.25. The number of carbonyl (C=O) groups is 2. The lowest BCUT2D eigenvalue weighted by Crippen LogP contribution is -2.21. The summed E-state index contributed by atoms with van der Waals surface area (Å²) in [6.07, 6.45) is 0.214. The second kappa shape index (κ2) is 9.90. The SMILES string of the molecule is O=C(COC(=O)CCSc1ccccc1Cl)Nc1ccccc1I. The predicted molar refractivity (Wildman–Crippen MR) is 106 cm³/mol. The number of amides is 1. The third kappa shape index (κ3) is 6.33. The Kier molecular flexibility index (Phi) is 7.87. The molecule has 1 N–H and O–H groups in total. The summed E-state index contributed by atoms with van der Waals surface area (Å²) in [5.41, 5.74) is 0.702. The van der Waals surface area contributed by atoms with Gasteiger partial charge < -0.3 is 10.1 Å². The number of esters is 1. The van der Waals surface area contributed by atoms with Gasteiger partial charge in [-0.25, -0.2) is 0 Å². The molecule has 4 nitrogen and oxygen atoms in total. The second-order valence-corrected chi connectivity index (χ2v) is 7.42. The summed E-state index contributed by atoms with van der Waals surface area (Å²) in [6, 6.07) is 14.8. The molecular weight excluding hydrogens is 461 g/mol. The minimum atomic E-state index is -0.410. The maximum atomic E-state index is 11.8. The second-order valence-electron chi connectivity index (χ2n) is 4.72. The number of para-hydroxylation sites is 1. The number of thioether (sulfide) groups is 1. The van der Waals surface area contributed by atoms with Gasteiger partial charge in [0.1, 0.15) is 0 Å². The van der Waals surface area contributed by atoms with Crippen LogP contribution in [-0.4, -0.2) is 24.2 Å². The van der Waals surface area contributed by atoms with Crippen molar-refractivity contribution >= 4 is 63.5 Å². The minimum Gasteiger partial charge on any atom is -0.456 e. The van der Waals surface area contributed by atoms with Gasteiger partial charge in [-0.05, 0) is 46.9 Å². The first-order chi connectivity index (χ1) is 11.6. The first-order valence-corrected chi connectivity index (χ1v) is 9.58. The molecule has 0 saturated heterocycles. The Balaban J connectivity index is 1.68. The van der Waals surface area contributed by atoms with Crippen molar-refractivity contribution in [3.8, 4) is 0 Å². The number of rotatable bonds is 7. The number of halogens is 2. The smallest absolute Gasteiger partial charge is 0.307 e. The maximum Gasteiger partial charge on any atom is 0.307 e. The molecule has 0 saturated carbocycles. The lowest BCUT2D eigenvalue weighted by atomic mass is 10.3. The van der Waals surface area contributed by atoms with Gasteiger partial charge in [0.15, 0.2) is 6.61 Å². The van der Waals surface area contributed by atoms with Gasteiger partial charge >= 0.3 is 5.97 Å². The number of carbonyl (C=O) groups excluding carboxylic acids is 2. The Morgan fingerprint density at radius 3 is 2.58 bits per heavy atom. The molecule has 1 amide bonds. The number of anilines is 1. The number of benzene rings is 2. The van der Waals surface area contributed by atoms with Crippen LogP contribution in [-0.2, 0) is 14.3 Å². The average molecular weight is 476 g/mol. The fourth-order valence-electron chi connectivity index (χ4n) is 1.77. The molecule has 7 heteroatoms. The first kappa shape index (κ1) is 19.1. The predicted octanol–water partition coefficient (Wildman–Crippen LogP) is 4.61. The van der Waals surface area contributed by atoms with E-state index in [9.17, 15) is 9.59 Å². The van der Waals surface area contributed by atoms with Crippen molar-refractivity contribution in [3.05, 3.63) is 57.1 Å². The van der Waals surface area contributed by atoms with Crippen molar-refractivity contribution in [1.82, 2.24) is 0 Å². The van der Waals surface area contributed by atoms with Gasteiger partial charge in [0.05, 0.1) is 17.1 Å². The number of nitrogens with one attached hydrogen (secondary N) is 1. The lowest BCUT2D eigenvalue weighted by Gasteiger charge is -2.08. The molecule has 0 spiro atoms. The van der Waals surface area contributed by atoms with E-state index in [2.05, 4.69) is 27.9 Å².